The Morgan fingerprint density at radius 1 is 1.11 bits per heavy atom. The van der Waals surface area contributed by atoms with Gasteiger partial charge in [0.15, 0.2) is 5.03 Å². The second-order valence-electron chi connectivity index (χ2n) is 3.83. The lowest BCUT2D eigenvalue weighted by Gasteiger charge is -2.05. The average molecular weight is 243 g/mol. The van der Waals surface area contributed by atoms with Crippen molar-refractivity contribution in [3.63, 3.8) is 0 Å². The normalized spacial score (nSPS) is 11.4. The third-order valence-corrected chi connectivity index (χ3v) is 2.58. The molecule has 0 aliphatic rings. The Morgan fingerprint density at radius 2 is 1.83 bits per heavy atom. The monoisotopic (exact) mass is 243 g/mol. The maximum absolute atomic E-state index is 10.4. The van der Waals surface area contributed by atoms with E-state index in [0.717, 1.165) is 6.42 Å². The molecule has 1 aromatic heterocycles. The van der Waals surface area contributed by atoms with Gasteiger partial charge >= 0.3 is 0 Å². The van der Waals surface area contributed by atoms with Gasteiger partial charge in [0, 0.05) is 12.7 Å². The first-order valence-electron chi connectivity index (χ1n) is 5.64. The summed E-state index contributed by atoms with van der Waals surface area (Å²) in [4.78, 5) is 10.4. The number of nitro groups is 1. The van der Waals surface area contributed by atoms with E-state index in [1.807, 2.05) is 36.4 Å². The Bertz CT molecular complexity index is 590. The molecule has 1 aromatic carbocycles. The van der Waals surface area contributed by atoms with Crippen molar-refractivity contribution in [2.45, 2.75) is 13.0 Å². The molecule has 0 radical (unpaired) electrons. The molecule has 0 atom stereocenters. The minimum atomic E-state index is -0.672. The summed E-state index contributed by atoms with van der Waals surface area (Å²) < 4.78 is 1.77. The van der Waals surface area contributed by atoms with Gasteiger partial charge in [-0.2, -0.15) is 0 Å². The maximum atomic E-state index is 10.4. The SMILES string of the molecule is O=[N+]([O-])/N=c1\ccccn1CCc1ccccc1. The second kappa shape index (κ2) is 5.77. The van der Waals surface area contributed by atoms with Gasteiger partial charge in [0.1, 0.15) is 0 Å². The van der Waals surface area contributed by atoms with Crippen LogP contribution in [0.25, 0.3) is 0 Å². The van der Waals surface area contributed by atoms with E-state index in [2.05, 4.69) is 5.10 Å². The molecule has 5 heteroatoms. The number of nitrogens with zero attached hydrogens (tertiary/aromatic N) is 3. The van der Waals surface area contributed by atoms with Crippen LogP contribution in [0.4, 0.5) is 0 Å². The van der Waals surface area contributed by atoms with Crippen LogP contribution in [0, 0.1) is 10.1 Å². The molecule has 18 heavy (non-hydrogen) atoms. The summed E-state index contributed by atoms with van der Waals surface area (Å²) in [5.41, 5.74) is 1.55. The number of aryl methyl sites for hydroxylation is 2. The van der Waals surface area contributed by atoms with Crippen molar-refractivity contribution in [1.82, 2.24) is 4.57 Å². The largest absolute Gasteiger partial charge is 0.328 e. The molecule has 5 nitrogen and oxygen atoms in total. The molecule has 0 spiro atoms. The first-order valence-corrected chi connectivity index (χ1v) is 5.64. The molecule has 0 aliphatic carbocycles. The van der Waals surface area contributed by atoms with Crippen LogP contribution < -0.4 is 5.49 Å². The summed E-state index contributed by atoms with van der Waals surface area (Å²) in [6, 6.07) is 15.2. The summed E-state index contributed by atoms with van der Waals surface area (Å²) >= 11 is 0. The second-order valence-corrected chi connectivity index (χ2v) is 3.83. The van der Waals surface area contributed by atoms with Crippen molar-refractivity contribution in [3.8, 4) is 0 Å². The van der Waals surface area contributed by atoms with Gasteiger partial charge in [0.2, 0.25) is 5.49 Å². The zero-order chi connectivity index (χ0) is 12.8. The lowest BCUT2D eigenvalue weighted by Crippen LogP contribution is -2.22. The van der Waals surface area contributed by atoms with Gasteiger partial charge in [0.25, 0.3) is 0 Å². The van der Waals surface area contributed by atoms with Gasteiger partial charge in [-0.05, 0) is 24.1 Å². The van der Waals surface area contributed by atoms with Gasteiger partial charge in [-0.15, -0.1) is 0 Å². The van der Waals surface area contributed by atoms with E-state index in [1.54, 1.807) is 22.9 Å². The van der Waals surface area contributed by atoms with Crippen molar-refractivity contribution < 1.29 is 5.03 Å². The summed E-state index contributed by atoms with van der Waals surface area (Å²) in [5.74, 6) is 0. The molecule has 0 saturated carbocycles. The van der Waals surface area contributed by atoms with E-state index in [1.165, 1.54) is 5.56 Å². The molecule has 0 saturated heterocycles. The number of hydrogen-bond acceptors (Lipinski definition) is 2. The van der Waals surface area contributed by atoms with Gasteiger partial charge in [-0.3, -0.25) is 0 Å². The highest BCUT2D eigenvalue weighted by Gasteiger charge is 1.98. The van der Waals surface area contributed by atoms with Crippen LogP contribution in [0.3, 0.4) is 0 Å². The van der Waals surface area contributed by atoms with E-state index >= 15 is 0 Å². The number of hydrogen-bond donors (Lipinski definition) is 0. The smallest absolute Gasteiger partial charge is 0.206 e. The number of rotatable bonds is 4. The molecular weight excluding hydrogens is 230 g/mol. The summed E-state index contributed by atoms with van der Waals surface area (Å²) in [6.45, 7) is 0.664. The molecule has 0 bridgehead atoms. The molecule has 0 aliphatic heterocycles. The van der Waals surface area contributed by atoms with E-state index in [9.17, 15) is 10.1 Å². The lowest BCUT2D eigenvalue weighted by molar-refractivity contribution is -0.490. The van der Waals surface area contributed by atoms with Crippen LogP contribution in [-0.4, -0.2) is 9.60 Å². The first-order chi connectivity index (χ1) is 8.75. The van der Waals surface area contributed by atoms with Crippen molar-refractivity contribution in [2.75, 3.05) is 0 Å². The van der Waals surface area contributed by atoms with Crippen LogP contribution >= 0.6 is 0 Å². The highest BCUT2D eigenvalue weighted by molar-refractivity contribution is 5.14. The van der Waals surface area contributed by atoms with Gasteiger partial charge in [-0.1, -0.05) is 36.4 Å². The van der Waals surface area contributed by atoms with E-state index in [-0.39, 0.29) is 0 Å². The predicted octanol–water partition coefficient (Wildman–Crippen LogP) is 1.82. The molecule has 2 aromatic rings. The average Bonchev–Trinajstić information content (AvgIpc) is 2.38. The highest BCUT2D eigenvalue weighted by atomic mass is 16.7. The van der Waals surface area contributed by atoms with Crippen LogP contribution in [0.5, 0.6) is 0 Å². The standard InChI is InChI=1S/C13H13N3O2/c17-16(18)14-13-8-4-5-10-15(13)11-9-12-6-2-1-3-7-12/h1-8,10H,9,11H2/b14-13+. The first kappa shape index (κ1) is 12.0. The van der Waals surface area contributed by atoms with Crippen molar-refractivity contribution >= 4 is 0 Å². The molecule has 92 valence electrons. The number of aromatic nitrogens is 1. The minimum Gasteiger partial charge on any atom is -0.328 e. The Balaban J connectivity index is 2.17. The number of pyridine rings is 1. The quantitative estimate of drug-likeness (QED) is 0.607. The zero-order valence-electron chi connectivity index (χ0n) is 9.77. The fraction of sp³-hybridized carbons (Fsp3) is 0.154. The molecular formula is C13H13N3O2. The van der Waals surface area contributed by atoms with Gasteiger partial charge in [-0.25, -0.2) is 10.1 Å². The third-order valence-electron chi connectivity index (χ3n) is 2.58. The Labute approximate surface area is 104 Å². The van der Waals surface area contributed by atoms with Crippen molar-refractivity contribution in [1.29, 1.82) is 0 Å². The summed E-state index contributed by atoms with van der Waals surface area (Å²) in [5, 5.41) is 13.1. The van der Waals surface area contributed by atoms with Gasteiger partial charge < -0.3 is 4.57 Å². The number of benzene rings is 1. The van der Waals surface area contributed by atoms with Crippen molar-refractivity contribution in [2.24, 2.45) is 5.10 Å². The lowest BCUT2D eigenvalue weighted by atomic mass is 10.1. The molecule has 0 amide bonds. The highest BCUT2D eigenvalue weighted by Crippen LogP contribution is 2.00. The Hall–Kier alpha value is -2.43. The Kier molecular flexibility index (Phi) is 3.86. The van der Waals surface area contributed by atoms with Gasteiger partial charge in [0.05, 0.1) is 5.10 Å². The van der Waals surface area contributed by atoms with Crippen LogP contribution in [0.1, 0.15) is 5.56 Å². The fourth-order valence-electron chi connectivity index (χ4n) is 1.73. The summed E-state index contributed by atoms with van der Waals surface area (Å²) in [7, 11) is 0. The molecule has 0 unspecified atom stereocenters. The fourth-order valence-corrected chi connectivity index (χ4v) is 1.73. The van der Waals surface area contributed by atoms with Crippen LogP contribution in [0.2, 0.25) is 0 Å². The molecule has 2 rings (SSSR count). The molecule has 0 N–H and O–H groups in total. The topological polar surface area (TPSA) is 60.4 Å². The van der Waals surface area contributed by atoms with E-state index < -0.39 is 5.03 Å². The zero-order valence-corrected chi connectivity index (χ0v) is 9.77. The van der Waals surface area contributed by atoms with E-state index in [4.69, 9.17) is 0 Å². The van der Waals surface area contributed by atoms with E-state index in [0.29, 0.717) is 12.0 Å². The Morgan fingerprint density at radius 3 is 2.56 bits per heavy atom. The van der Waals surface area contributed by atoms with Crippen LogP contribution in [-0.2, 0) is 13.0 Å². The summed E-state index contributed by atoms with van der Waals surface area (Å²) in [6.07, 6.45) is 2.61. The third kappa shape index (κ3) is 3.28. The molecule has 0 fully saturated rings. The van der Waals surface area contributed by atoms with Crippen molar-refractivity contribution in [3.05, 3.63) is 75.9 Å². The van der Waals surface area contributed by atoms with Crippen LogP contribution in [0.15, 0.2) is 59.8 Å². The predicted molar refractivity (Wildman–Crippen MR) is 67.1 cm³/mol. The molecule has 1 heterocycles. The maximum Gasteiger partial charge on any atom is 0.206 e. The minimum absolute atomic E-state index is 0.360.